The Kier molecular flexibility index (Phi) is 5.00. The SMILES string of the molecule is c1ccc(CN2CCCC3(CC2)CN(Cc2ccccc2)CC2(CC2)O3)cc1. The lowest BCUT2D eigenvalue weighted by atomic mass is 9.90. The van der Waals surface area contributed by atoms with Crippen molar-refractivity contribution in [1.29, 1.82) is 0 Å². The third-order valence-electron chi connectivity index (χ3n) is 6.75. The summed E-state index contributed by atoms with van der Waals surface area (Å²) in [6.45, 7) is 6.65. The van der Waals surface area contributed by atoms with Crippen LogP contribution in [0.2, 0.25) is 0 Å². The molecule has 1 aliphatic carbocycles. The van der Waals surface area contributed by atoms with E-state index >= 15 is 0 Å². The summed E-state index contributed by atoms with van der Waals surface area (Å²) in [5.74, 6) is 0. The molecule has 3 fully saturated rings. The quantitative estimate of drug-likeness (QED) is 0.783. The fourth-order valence-corrected chi connectivity index (χ4v) is 5.23. The molecule has 0 aromatic heterocycles. The Morgan fingerprint density at radius 1 is 0.643 bits per heavy atom. The van der Waals surface area contributed by atoms with Gasteiger partial charge < -0.3 is 4.74 Å². The summed E-state index contributed by atoms with van der Waals surface area (Å²) in [6, 6.07) is 21.8. The van der Waals surface area contributed by atoms with E-state index in [9.17, 15) is 0 Å². The van der Waals surface area contributed by atoms with Gasteiger partial charge >= 0.3 is 0 Å². The molecule has 148 valence electrons. The number of hydrogen-bond acceptors (Lipinski definition) is 3. The number of benzene rings is 2. The Labute approximate surface area is 169 Å². The topological polar surface area (TPSA) is 15.7 Å². The summed E-state index contributed by atoms with van der Waals surface area (Å²) in [4.78, 5) is 5.31. The van der Waals surface area contributed by atoms with Crippen LogP contribution in [0.15, 0.2) is 60.7 Å². The van der Waals surface area contributed by atoms with E-state index < -0.39 is 0 Å². The highest BCUT2D eigenvalue weighted by atomic mass is 16.5. The smallest absolute Gasteiger partial charge is 0.0829 e. The summed E-state index contributed by atoms with van der Waals surface area (Å²) in [6.07, 6.45) is 6.09. The van der Waals surface area contributed by atoms with Gasteiger partial charge in [-0.3, -0.25) is 9.80 Å². The average Bonchev–Trinajstić information content (AvgIpc) is 3.47. The lowest BCUT2D eigenvalue weighted by Gasteiger charge is -2.47. The van der Waals surface area contributed by atoms with Crippen molar-refractivity contribution < 1.29 is 4.74 Å². The molecule has 0 bridgehead atoms. The second-order valence-corrected chi connectivity index (χ2v) is 9.21. The Morgan fingerprint density at radius 3 is 1.82 bits per heavy atom. The standard InChI is InChI=1S/C25H32N2O/c1-3-8-22(9-4-1)18-26-16-7-12-24(15-17-26)20-27(21-25(28-24)13-14-25)19-23-10-5-2-6-11-23/h1-6,8-11H,7,12-21H2. The van der Waals surface area contributed by atoms with Crippen molar-refractivity contribution in [1.82, 2.24) is 9.80 Å². The molecule has 3 aliphatic rings. The zero-order valence-electron chi connectivity index (χ0n) is 16.9. The zero-order valence-corrected chi connectivity index (χ0v) is 16.9. The molecule has 2 heterocycles. The van der Waals surface area contributed by atoms with E-state index in [4.69, 9.17) is 4.74 Å². The van der Waals surface area contributed by atoms with E-state index in [2.05, 4.69) is 70.5 Å². The maximum absolute atomic E-state index is 6.89. The molecule has 1 unspecified atom stereocenters. The highest BCUT2D eigenvalue weighted by Gasteiger charge is 2.55. The summed E-state index contributed by atoms with van der Waals surface area (Å²) < 4.78 is 6.89. The number of ether oxygens (including phenoxy) is 1. The maximum Gasteiger partial charge on any atom is 0.0829 e. The Hall–Kier alpha value is -1.68. The van der Waals surface area contributed by atoms with E-state index in [1.807, 2.05) is 0 Å². The van der Waals surface area contributed by atoms with Crippen LogP contribution >= 0.6 is 0 Å². The number of rotatable bonds is 4. The summed E-state index contributed by atoms with van der Waals surface area (Å²) in [5, 5.41) is 0. The first kappa shape index (κ1) is 18.4. The molecular weight excluding hydrogens is 344 g/mol. The van der Waals surface area contributed by atoms with E-state index in [0.717, 1.165) is 39.1 Å². The highest BCUT2D eigenvalue weighted by Crippen LogP contribution is 2.49. The van der Waals surface area contributed by atoms with Crippen LogP contribution in [-0.4, -0.2) is 47.2 Å². The predicted molar refractivity (Wildman–Crippen MR) is 113 cm³/mol. The molecule has 2 aromatic carbocycles. The normalized spacial score (nSPS) is 27.7. The highest BCUT2D eigenvalue weighted by molar-refractivity contribution is 5.17. The summed E-state index contributed by atoms with van der Waals surface area (Å²) in [7, 11) is 0. The van der Waals surface area contributed by atoms with Gasteiger partial charge in [-0.2, -0.15) is 0 Å². The molecule has 2 spiro atoms. The second-order valence-electron chi connectivity index (χ2n) is 9.21. The summed E-state index contributed by atoms with van der Waals surface area (Å²) in [5.41, 5.74) is 3.05. The van der Waals surface area contributed by atoms with Gasteiger partial charge in [-0.1, -0.05) is 60.7 Å². The number of morpholine rings is 1. The van der Waals surface area contributed by atoms with Crippen LogP contribution in [0.25, 0.3) is 0 Å². The molecule has 3 heteroatoms. The van der Waals surface area contributed by atoms with Crippen molar-refractivity contribution in [3.8, 4) is 0 Å². The molecule has 5 rings (SSSR count). The zero-order chi connectivity index (χ0) is 18.9. The molecule has 2 saturated heterocycles. The van der Waals surface area contributed by atoms with Gasteiger partial charge in [0.05, 0.1) is 11.2 Å². The lowest BCUT2D eigenvalue weighted by molar-refractivity contribution is -0.176. The van der Waals surface area contributed by atoms with Crippen LogP contribution in [0.3, 0.4) is 0 Å². The molecule has 3 nitrogen and oxygen atoms in total. The van der Waals surface area contributed by atoms with Gasteiger partial charge in [-0.25, -0.2) is 0 Å². The van der Waals surface area contributed by atoms with Gasteiger partial charge in [0, 0.05) is 32.7 Å². The first-order chi connectivity index (χ1) is 13.7. The van der Waals surface area contributed by atoms with Gasteiger partial charge in [0.2, 0.25) is 0 Å². The van der Waals surface area contributed by atoms with Crippen LogP contribution < -0.4 is 0 Å². The summed E-state index contributed by atoms with van der Waals surface area (Å²) >= 11 is 0. The Balaban J connectivity index is 1.27. The van der Waals surface area contributed by atoms with Crippen LogP contribution in [0.4, 0.5) is 0 Å². The molecule has 0 N–H and O–H groups in total. The number of nitrogens with zero attached hydrogens (tertiary/aromatic N) is 2. The third-order valence-corrected chi connectivity index (χ3v) is 6.75. The van der Waals surface area contributed by atoms with E-state index in [1.54, 1.807) is 0 Å². The molecular formula is C25H32N2O. The van der Waals surface area contributed by atoms with Gasteiger partial charge in [0.1, 0.15) is 0 Å². The lowest BCUT2D eigenvalue weighted by Crippen LogP contribution is -2.56. The molecule has 28 heavy (non-hydrogen) atoms. The Morgan fingerprint density at radius 2 is 1.21 bits per heavy atom. The first-order valence-electron chi connectivity index (χ1n) is 11.0. The van der Waals surface area contributed by atoms with Crippen LogP contribution in [0, 0.1) is 0 Å². The number of likely N-dealkylation sites (tertiary alicyclic amines) is 1. The minimum atomic E-state index is 0.0506. The Bertz CT molecular complexity index is 774. The fraction of sp³-hybridized carbons (Fsp3) is 0.520. The minimum Gasteiger partial charge on any atom is -0.366 e. The van der Waals surface area contributed by atoms with Crippen LogP contribution in [0.1, 0.15) is 43.2 Å². The van der Waals surface area contributed by atoms with Crippen molar-refractivity contribution in [3.63, 3.8) is 0 Å². The van der Waals surface area contributed by atoms with Crippen molar-refractivity contribution in [2.45, 2.75) is 56.4 Å². The molecule has 0 radical (unpaired) electrons. The third kappa shape index (κ3) is 4.17. The van der Waals surface area contributed by atoms with Crippen LogP contribution in [0.5, 0.6) is 0 Å². The van der Waals surface area contributed by atoms with Crippen LogP contribution in [-0.2, 0) is 17.8 Å². The van der Waals surface area contributed by atoms with Crippen molar-refractivity contribution in [2.24, 2.45) is 0 Å². The first-order valence-corrected chi connectivity index (χ1v) is 11.0. The van der Waals surface area contributed by atoms with Crippen molar-refractivity contribution in [2.75, 3.05) is 26.2 Å². The second kappa shape index (κ2) is 7.62. The van der Waals surface area contributed by atoms with Gasteiger partial charge in [0.15, 0.2) is 0 Å². The predicted octanol–water partition coefficient (Wildman–Crippen LogP) is 4.48. The van der Waals surface area contributed by atoms with Gasteiger partial charge in [-0.15, -0.1) is 0 Å². The van der Waals surface area contributed by atoms with Gasteiger partial charge in [-0.05, 0) is 49.8 Å². The number of hydrogen-bond donors (Lipinski definition) is 0. The molecule has 0 amide bonds. The average molecular weight is 377 g/mol. The minimum absolute atomic E-state index is 0.0506. The van der Waals surface area contributed by atoms with Gasteiger partial charge in [0.25, 0.3) is 0 Å². The van der Waals surface area contributed by atoms with Crippen molar-refractivity contribution >= 4 is 0 Å². The molecule has 1 atom stereocenters. The molecule has 2 aromatic rings. The van der Waals surface area contributed by atoms with E-state index in [-0.39, 0.29) is 11.2 Å². The molecule has 2 aliphatic heterocycles. The van der Waals surface area contributed by atoms with Crippen molar-refractivity contribution in [3.05, 3.63) is 71.8 Å². The largest absolute Gasteiger partial charge is 0.366 e. The fourth-order valence-electron chi connectivity index (χ4n) is 5.23. The van der Waals surface area contributed by atoms with E-state index in [0.29, 0.717) is 0 Å². The monoisotopic (exact) mass is 376 g/mol. The maximum atomic E-state index is 6.89. The van der Waals surface area contributed by atoms with E-state index in [1.165, 1.54) is 43.4 Å². The molecule has 1 saturated carbocycles.